The highest BCUT2D eigenvalue weighted by Gasteiger charge is 2.24. The molecule has 3 rings (SSSR count). The molecule has 0 heterocycles. The van der Waals surface area contributed by atoms with E-state index in [1.165, 1.54) is 5.56 Å². The molecule has 1 unspecified atom stereocenters. The number of rotatable bonds is 4. The van der Waals surface area contributed by atoms with Crippen LogP contribution in [0.2, 0.25) is 0 Å². The molecule has 0 spiro atoms. The van der Waals surface area contributed by atoms with Crippen LogP contribution in [0.1, 0.15) is 29.2 Å². The molecule has 2 aromatic rings. The van der Waals surface area contributed by atoms with Gasteiger partial charge in [-0.15, -0.1) is 0 Å². The Labute approximate surface area is 125 Å². The molecule has 3 heteroatoms. The van der Waals surface area contributed by atoms with Crippen LogP contribution in [0, 0.1) is 5.82 Å². The van der Waals surface area contributed by atoms with Crippen LogP contribution in [0.5, 0.6) is 0 Å². The average molecular weight is 284 g/mol. The van der Waals surface area contributed by atoms with Crippen molar-refractivity contribution >= 4 is 5.69 Å². The lowest BCUT2D eigenvalue weighted by molar-refractivity contribution is 0.402. The molecule has 1 atom stereocenters. The Morgan fingerprint density at radius 1 is 1.19 bits per heavy atom. The van der Waals surface area contributed by atoms with Gasteiger partial charge in [-0.2, -0.15) is 0 Å². The molecule has 0 saturated carbocycles. The van der Waals surface area contributed by atoms with Crippen molar-refractivity contribution in [2.45, 2.75) is 25.4 Å². The molecule has 110 valence electrons. The fraction of sp³-hybridized carbons (Fsp3) is 0.333. The zero-order chi connectivity index (χ0) is 14.8. The number of hydrogen-bond donors (Lipinski definition) is 1. The van der Waals surface area contributed by atoms with Crippen LogP contribution in [0.3, 0.4) is 0 Å². The SMILES string of the molecule is CN(C)Cc1cccc(NC2CCc3c(F)cccc32)c1. The summed E-state index contributed by atoms with van der Waals surface area (Å²) in [7, 11) is 4.13. The maximum absolute atomic E-state index is 13.8. The standard InChI is InChI=1S/C18H21FN2/c1-21(2)12-13-5-3-6-14(11-13)20-18-10-9-15-16(18)7-4-8-17(15)19/h3-8,11,18,20H,9-10,12H2,1-2H3. The molecule has 1 aliphatic rings. The number of halogens is 1. The summed E-state index contributed by atoms with van der Waals surface area (Å²) in [5.41, 5.74) is 4.37. The van der Waals surface area contributed by atoms with Gasteiger partial charge in [0.25, 0.3) is 0 Å². The Balaban J connectivity index is 1.78. The Hall–Kier alpha value is -1.87. The molecule has 2 aromatic carbocycles. The van der Waals surface area contributed by atoms with E-state index < -0.39 is 0 Å². The molecule has 0 saturated heterocycles. The van der Waals surface area contributed by atoms with Crippen molar-refractivity contribution in [3.63, 3.8) is 0 Å². The Morgan fingerprint density at radius 3 is 2.81 bits per heavy atom. The van der Waals surface area contributed by atoms with Crippen LogP contribution >= 0.6 is 0 Å². The third-order valence-electron chi connectivity index (χ3n) is 3.98. The zero-order valence-corrected chi connectivity index (χ0v) is 12.6. The first-order valence-electron chi connectivity index (χ1n) is 7.41. The second kappa shape index (κ2) is 5.86. The molecule has 1 N–H and O–H groups in total. The van der Waals surface area contributed by atoms with E-state index in [4.69, 9.17) is 0 Å². The van der Waals surface area contributed by atoms with Crippen LogP contribution in [-0.4, -0.2) is 19.0 Å². The molecule has 0 aliphatic heterocycles. The van der Waals surface area contributed by atoms with E-state index >= 15 is 0 Å². The monoisotopic (exact) mass is 284 g/mol. The number of benzene rings is 2. The van der Waals surface area contributed by atoms with Crippen LogP contribution in [0.15, 0.2) is 42.5 Å². The van der Waals surface area contributed by atoms with Gasteiger partial charge in [-0.05, 0) is 61.8 Å². The topological polar surface area (TPSA) is 15.3 Å². The van der Waals surface area contributed by atoms with Crippen molar-refractivity contribution in [2.75, 3.05) is 19.4 Å². The summed E-state index contributed by atoms with van der Waals surface area (Å²) >= 11 is 0. The minimum Gasteiger partial charge on any atom is -0.378 e. The molecule has 21 heavy (non-hydrogen) atoms. The van der Waals surface area contributed by atoms with Gasteiger partial charge in [0, 0.05) is 12.2 Å². The van der Waals surface area contributed by atoms with Gasteiger partial charge in [-0.25, -0.2) is 4.39 Å². The normalized spacial score (nSPS) is 17.0. The number of nitrogens with zero attached hydrogens (tertiary/aromatic N) is 1. The van der Waals surface area contributed by atoms with Crippen molar-refractivity contribution in [2.24, 2.45) is 0 Å². The Kier molecular flexibility index (Phi) is 3.93. The van der Waals surface area contributed by atoms with Crippen LogP contribution in [-0.2, 0) is 13.0 Å². The van der Waals surface area contributed by atoms with Crippen LogP contribution in [0.25, 0.3) is 0 Å². The smallest absolute Gasteiger partial charge is 0.126 e. The summed E-state index contributed by atoms with van der Waals surface area (Å²) in [5.74, 6) is -0.0711. The maximum Gasteiger partial charge on any atom is 0.126 e. The highest BCUT2D eigenvalue weighted by atomic mass is 19.1. The summed E-state index contributed by atoms with van der Waals surface area (Å²) in [5, 5.41) is 3.55. The van der Waals surface area contributed by atoms with E-state index in [1.807, 2.05) is 6.07 Å². The lowest BCUT2D eigenvalue weighted by Crippen LogP contribution is -2.11. The summed E-state index contributed by atoms with van der Waals surface area (Å²) < 4.78 is 13.8. The fourth-order valence-electron chi connectivity index (χ4n) is 3.09. The number of anilines is 1. The van der Waals surface area contributed by atoms with Gasteiger partial charge in [-0.1, -0.05) is 24.3 Å². The number of nitrogens with one attached hydrogen (secondary N) is 1. The number of fused-ring (bicyclic) bond motifs is 1. The molecule has 0 bridgehead atoms. The van der Waals surface area contributed by atoms with Crippen LogP contribution < -0.4 is 5.32 Å². The fourth-order valence-corrected chi connectivity index (χ4v) is 3.09. The van der Waals surface area contributed by atoms with Gasteiger partial charge >= 0.3 is 0 Å². The van der Waals surface area contributed by atoms with E-state index in [1.54, 1.807) is 12.1 Å². The Bertz CT molecular complexity index is 637. The van der Waals surface area contributed by atoms with Gasteiger partial charge in [-0.3, -0.25) is 0 Å². The second-order valence-electron chi connectivity index (χ2n) is 5.98. The molecule has 0 amide bonds. The molecule has 2 nitrogen and oxygen atoms in total. The lowest BCUT2D eigenvalue weighted by atomic mass is 10.1. The summed E-state index contributed by atoms with van der Waals surface area (Å²) in [4.78, 5) is 2.15. The van der Waals surface area contributed by atoms with Crippen LogP contribution in [0.4, 0.5) is 10.1 Å². The first-order valence-corrected chi connectivity index (χ1v) is 7.41. The Morgan fingerprint density at radius 2 is 2.00 bits per heavy atom. The average Bonchev–Trinajstić information content (AvgIpc) is 2.83. The zero-order valence-electron chi connectivity index (χ0n) is 12.6. The van der Waals surface area contributed by atoms with E-state index in [0.29, 0.717) is 0 Å². The quantitative estimate of drug-likeness (QED) is 0.913. The summed E-state index contributed by atoms with van der Waals surface area (Å²) in [6.07, 6.45) is 1.77. The van der Waals surface area contributed by atoms with E-state index in [9.17, 15) is 4.39 Å². The maximum atomic E-state index is 13.8. The highest BCUT2D eigenvalue weighted by Crippen LogP contribution is 2.35. The number of hydrogen-bond acceptors (Lipinski definition) is 2. The minimum atomic E-state index is -0.0711. The van der Waals surface area contributed by atoms with Crippen molar-refractivity contribution in [3.05, 3.63) is 65.0 Å². The highest BCUT2D eigenvalue weighted by molar-refractivity contribution is 5.50. The molecule has 0 fully saturated rings. The molecular weight excluding hydrogens is 263 g/mol. The molecular formula is C18H21FN2. The summed E-state index contributed by atoms with van der Waals surface area (Å²) in [6.45, 7) is 0.922. The third-order valence-corrected chi connectivity index (χ3v) is 3.98. The first kappa shape index (κ1) is 14.1. The van der Waals surface area contributed by atoms with E-state index in [-0.39, 0.29) is 11.9 Å². The van der Waals surface area contributed by atoms with Crippen molar-refractivity contribution in [1.29, 1.82) is 0 Å². The molecule has 0 aromatic heterocycles. The van der Waals surface area contributed by atoms with E-state index in [0.717, 1.165) is 36.2 Å². The van der Waals surface area contributed by atoms with Crippen molar-refractivity contribution in [1.82, 2.24) is 4.90 Å². The predicted octanol–water partition coefficient (Wildman–Crippen LogP) is 3.99. The van der Waals surface area contributed by atoms with Gasteiger partial charge < -0.3 is 10.2 Å². The molecule has 1 aliphatic carbocycles. The van der Waals surface area contributed by atoms with E-state index in [2.05, 4.69) is 48.6 Å². The van der Waals surface area contributed by atoms with Gasteiger partial charge in [0.15, 0.2) is 0 Å². The van der Waals surface area contributed by atoms with Gasteiger partial charge in [0.05, 0.1) is 6.04 Å². The summed E-state index contributed by atoms with van der Waals surface area (Å²) in [6, 6.07) is 14.1. The predicted molar refractivity (Wildman–Crippen MR) is 84.9 cm³/mol. The minimum absolute atomic E-state index is 0.0711. The van der Waals surface area contributed by atoms with Gasteiger partial charge in [0.2, 0.25) is 0 Å². The largest absolute Gasteiger partial charge is 0.378 e. The van der Waals surface area contributed by atoms with Crippen molar-refractivity contribution in [3.8, 4) is 0 Å². The molecule has 0 radical (unpaired) electrons. The first-order chi connectivity index (χ1) is 10.1. The third kappa shape index (κ3) is 3.08. The van der Waals surface area contributed by atoms with Crippen molar-refractivity contribution < 1.29 is 4.39 Å². The lowest BCUT2D eigenvalue weighted by Gasteiger charge is -2.17. The van der Waals surface area contributed by atoms with Gasteiger partial charge in [0.1, 0.15) is 5.82 Å². The second-order valence-corrected chi connectivity index (χ2v) is 5.98.